The fraction of sp³-hybridized carbons (Fsp3) is 1.00. The molecule has 1 rings (SSSR count). The van der Waals surface area contributed by atoms with Gasteiger partial charge in [-0.1, -0.05) is 19.3 Å². The number of likely N-dealkylation sites (tertiary alicyclic amines) is 1. The van der Waals surface area contributed by atoms with Gasteiger partial charge in [0.05, 0.1) is 5.92 Å². The van der Waals surface area contributed by atoms with E-state index in [-0.39, 0.29) is 13.1 Å². The van der Waals surface area contributed by atoms with E-state index in [4.69, 9.17) is 5.73 Å². The van der Waals surface area contributed by atoms with E-state index in [2.05, 4.69) is 0 Å². The molecule has 1 atom stereocenters. The van der Waals surface area contributed by atoms with E-state index in [0.717, 1.165) is 38.8 Å². The SMILES string of the molecule is NCC(CN1CCCCCCC1)C(F)(F)F. The van der Waals surface area contributed by atoms with Crippen LogP contribution < -0.4 is 5.73 Å². The van der Waals surface area contributed by atoms with Gasteiger partial charge in [-0.05, 0) is 25.9 Å². The maximum atomic E-state index is 12.6. The summed E-state index contributed by atoms with van der Waals surface area (Å²) >= 11 is 0. The van der Waals surface area contributed by atoms with Gasteiger partial charge in [0.15, 0.2) is 0 Å². The van der Waals surface area contributed by atoms with Crippen LogP contribution in [0.1, 0.15) is 32.1 Å². The molecule has 96 valence electrons. The van der Waals surface area contributed by atoms with Crippen LogP contribution in [0.5, 0.6) is 0 Å². The van der Waals surface area contributed by atoms with Crippen molar-refractivity contribution in [1.29, 1.82) is 0 Å². The summed E-state index contributed by atoms with van der Waals surface area (Å²) in [5, 5.41) is 0. The molecule has 1 aliphatic rings. The van der Waals surface area contributed by atoms with Crippen LogP contribution in [-0.2, 0) is 0 Å². The lowest BCUT2D eigenvalue weighted by Gasteiger charge is -2.29. The van der Waals surface area contributed by atoms with Gasteiger partial charge >= 0.3 is 6.18 Å². The summed E-state index contributed by atoms with van der Waals surface area (Å²) in [6, 6.07) is 0. The molecule has 0 aromatic carbocycles. The number of alkyl halides is 3. The van der Waals surface area contributed by atoms with Crippen molar-refractivity contribution >= 4 is 0 Å². The molecule has 2 nitrogen and oxygen atoms in total. The second kappa shape index (κ2) is 6.45. The van der Waals surface area contributed by atoms with E-state index in [0.29, 0.717) is 0 Å². The molecule has 16 heavy (non-hydrogen) atoms. The van der Waals surface area contributed by atoms with Gasteiger partial charge in [0.25, 0.3) is 0 Å². The molecule has 0 saturated carbocycles. The fourth-order valence-corrected chi connectivity index (χ4v) is 2.12. The quantitative estimate of drug-likeness (QED) is 0.818. The summed E-state index contributed by atoms with van der Waals surface area (Å²) in [5.74, 6) is -1.37. The summed E-state index contributed by atoms with van der Waals surface area (Å²) in [6.07, 6.45) is 1.35. The van der Waals surface area contributed by atoms with Gasteiger partial charge in [0, 0.05) is 13.1 Å². The van der Waals surface area contributed by atoms with Crippen molar-refractivity contribution in [2.45, 2.75) is 38.3 Å². The Bertz CT molecular complexity index is 186. The number of nitrogens with two attached hydrogens (primary N) is 1. The van der Waals surface area contributed by atoms with Gasteiger partial charge in [-0.3, -0.25) is 0 Å². The lowest BCUT2D eigenvalue weighted by atomic mass is 10.1. The summed E-state index contributed by atoms with van der Waals surface area (Å²) < 4.78 is 37.7. The van der Waals surface area contributed by atoms with Gasteiger partial charge in [0.1, 0.15) is 0 Å². The van der Waals surface area contributed by atoms with E-state index in [1.807, 2.05) is 4.90 Å². The van der Waals surface area contributed by atoms with E-state index in [1.165, 1.54) is 6.42 Å². The molecule has 1 unspecified atom stereocenters. The number of halogens is 3. The minimum atomic E-state index is -4.16. The van der Waals surface area contributed by atoms with Crippen molar-refractivity contribution in [1.82, 2.24) is 4.90 Å². The molecule has 0 amide bonds. The Kier molecular flexibility index (Phi) is 5.55. The zero-order valence-electron chi connectivity index (χ0n) is 9.60. The highest BCUT2D eigenvalue weighted by Gasteiger charge is 2.39. The van der Waals surface area contributed by atoms with Crippen molar-refractivity contribution in [3.63, 3.8) is 0 Å². The first-order valence-electron chi connectivity index (χ1n) is 6.03. The van der Waals surface area contributed by atoms with Crippen molar-refractivity contribution in [2.24, 2.45) is 11.7 Å². The lowest BCUT2D eigenvalue weighted by molar-refractivity contribution is -0.176. The predicted molar refractivity (Wildman–Crippen MR) is 58.1 cm³/mol. The molecule has 1 saturated heterocycles. The lowest BCUT2D eigenvalue weighted by Crippen LogP contribution is -2.41. The standard InChI is InChI=1S/C11H21F3N2/c12-11(13,14)10(8-15)9-16-6-4-2-1-3-5-7-16/h10H,1-9,15H2. The fourth-order valence-electron chi connectivity index (χ4n) is 2.12. The number of rotatable bonds is 3. The van der Waals surface area contributed by atoms with Crippen LogP contribution in [0.4, 0.5) is 13.2 Å². The molecule has 0 radical (unpaired) electrons. The highest BCUT2D eigenvalue weighted by molar-refractivity contribution is 4.74. The Morgan fingerprint density at radius 1 is 1.00 bits per heavy atom. The minimum absolute atomic E-state index is 0.0694. The molecule has 1 fully saturated rings. The minimum Gasteiger partial charge on any atom is -0.330 e. The summed E-state index contributed by atoms with van der Waals surface area (Å²) in [5.41, 5.74) is 5.20. The van der Waals surface area contributed by atoms with Crippen molar-refractivity contribution < 1.29 is 13.2 Å². The van der Waals surface area contributed by atoms with E-state index < -0.39 is 12.1 Å². The number of hydrogen-bond acceptors (Lipinski definition) is 2. The molecule has 2 N–H and O–H groups in total. The Morgan fingerprint density at radius 2 is 1.50 bits per heavy atom. The number of nitrogens with zero attached hydrogens (tertiary/aromatic N) is 1. The smallest absolute Gasteiger partial charge is 0.330 e. The number of hydrogen-bond donors (Lipinski definition) is 1. The normalized spacial score (nSPS) is 22.5. The molecule has 0 spiro atoms. The zero-order valence-corrected chi connectivity index (χ0v) is 9.60. The third-order valence-electron chi connectivity index (χ3n) is 3.17. The van der Waals surface area contributed by atoms with Crippen molar-refractivity contribution in [3.05, 3.63) is 0 Å². The van der Waals surface area contributed by atoms with Crippen LogP contribution in [0.25, 0.3) is 0 Å². The van der Waals surface area contributed by atoms with Crippen LogP contribution >= 0.6 is 0 Å². The molecule has 5 heteroatoms. The predicted octanol–water partition coefficient (Wildman–Crippen LogP) is 2.39. The maximum absolute atomic E-state index is 12.6. The first kappa shape index (κ1) is 13.8. The van der Waals surface area contributed by atoms with Crippen molar-refractivity contribution in [2.75, 3.05) is 26.2 Å². The first-order valence-corrected chi connectivity index (χ1v) is 6.03. The monoisotopic (exact) mass is 238 g/mol. The second-order valence-corrected chi connectivity index (χ2v) is 4.54. The van der Waals surface area contributed by atoms with E-state index in [9.17, 15) is 13.2 Å². The third kappa shape index (κ3) is 4.70. The van der Waals surface area contributed by atoms with Gasteiger partial charge in [-0.25, -0.2) is 0 Å². The maximum Gasteiger partial charge on any atom is 0.394 e. The topological polar surface area (TPSA) is 29.3 Å². The van der Waals surface area contributed by atoms with Crippen LogP contribution in [0.3, 0.4) is 0 Å². The largest absolute Gasteiger partial charge is 0.394 e. The molecular formula is C11H21F3N2. The molecule has 0 aliphatic carbocycles. The van der Waals surface area contributed by atoms with Crippen LogP contribution in [0.2, 0.25) is 0 Å². The van der Waals surface area contributed by atoms with Crippen LogP contribution in [0, 0.1) is 5.92 Å². The highest BCUT2D eigenvalue weighted by Crippen LogP contribution is 2.26. The third-order valence-corrected chi connectivity index (χ3v) is 3.17. The van der Waals surface area contributed by atoms with E-state index >= 15 is 0 Å². The molecule has 0 bridgehead atoms. The Hall–Kier alpha value is -0.290. The van der Waals surface area contributed by atoms with Gasteiger partial charge in [0.2, 0.25) is 0 Å². The van der Waals surface area contributed by atoms with Gasteiger partial charge in [-0.2, -0.15) is 13.2 Å². The van der Waals surface area contributed by atoms with Crippen LogP contribution in [-0.4, -0.2) is 37.3 Å². The Morgan fingerprint density at radius 3 is 1.94 bits per heavy atom. The highest BCUT2D eigenvalue weighted by atomic mass is 19.4. The second-order valence-electron chi connectivity index (χ2n) is 4.54. The molecule has 1 aliphatic heterocycles. The Balaban J connectivity index is 2.42. The van der Waals surface area contributed by atoms with Gasteiger partial charge in [-0.15, -0.1) is 0 Å². The Labute approximate surface area is 95.0 Å². The average Bonchev–Trinajstić information content (AvgIpc) is 2.14. The molecule has 0 aromatic rings. The first-order chi connectivity index (χ1) is 7.54. The average molecular weight is 238 g/mol. The summed E-state index contributed by atoms with van der Waals surface area (Å²) in [7, 11) is 0. The summed E-state index contributed by atoms with van der Waals surface area (Å²) in [4.78, 5) is 1.92. The van der Waals surface area contributed by atoms with Crippen LogP contribution in [0.15, 0.2) is 0 Å². The molecular weight excluding hydrogens is 217 g/mol. The molecule has 0 aromatic heterocycles. The summed E-state index contributed by atoms with van der Waals surface area (Å²) in [6.45, 7) is 1.33. The zero-order chi connectivity index (χ0) is 12.0. The van der Waals surface area contributed by atoms with Crippen molar-refractivity contribution in [3.8, 4) is 0 Å². The molecule has 1 heterocycles. The van der Waals surface area contributed by atoms with Gasteiger partial charge < -0.3 is 10.6 Å². The van der Waals surface area contributed by atoms with E-state index in [1.54, 1.807) is 0 Å².